The van der Waals surface area contributed by atoms with Crippen LogP contribution in [0.15, 0.2) is 30.6 Å². The molecule has 10 heteroatoms. The van der Waals surface area contributed by atoms with Crippen molar-refractivity contribution in [2.24, 2.45) is 5.92 Å². The number of nitrogens with zero attached hydrogens (tertiary/aromatic N) is 3. The summed E-state index contributed by atoms with van der Waals surface area (Å²) >= 11 is 0. The molecular weight excluding hydrogens is 381 g/mol. The van der Waals surface area contributed by atoms with Gasteiger partial charge in [-0.25, -0.2) is 4.39 Å². The van der Waals surface area contributed by atoms with E-state index in [-0.39, 0.29) is 42.1 Å². The molecule has 1 saturated carbocycles. The van der Waals surface area contributed by atoms with Crippen LogP contribution in [0.5, 0.6) is 0 Å². The molecule has 0 unspecified atom stereocenters. The second-order valence-electron chi connectivity index (χ2n) is 7.04. The SMILES string of the molecule is O=C(CCn1cc([N+](=O)[O-])cn1)Nc1ccc(F)c(NC(=O)C2CCCCC2)c1. The molecule has 0 spiro atoms. The van der Waals surface area contributed by atoms with Crippen LogP contribution in [-0.4, -0.2) is 26.5 Å². The Labute approximate surface area is 166 Å². The van der Waals surface area contributed by atoms with Gasteiger partial charge in [0.25, 0.3) is 0 Å². The molecule has 1 aliphatic rings. The number of amides is 2. The maximum Gasteiger partial charge on any atom is 0.306 e. The van der Waals surface area contributed by atoms with Crippen LogP contribution in [0, 0.1) is 21.8 Å². The Morgan fingerprint density at radius 3 is 2.69 bits per heavy atom. The lowest BCUT2D eigenvalue weighted by Crippen LogP contribution is -2.25. The van der Waals surface area contributed by atoms with Gasteiger partial charge in [0.2, 0.25) is 11.8 Å². The molecule has 1 aromatic carbocycles. The van der Waals surface area contributed by atoms with Crippen molar-refractivity contribution >= 4 is 28.9 Å². The molecule has 0 saturated heterocycles. The van der Waals surface area contributed by atoms with E-state index < -0.39 is 10.7 Å². The maximum absolute atomic E-state index is 14.1. The molecule has 0 bridgehead atoms. The lowest BCUT2D eigenvalue weighted by atomic mass is 9.88. The number of halogens is 1. The summed E-state index contributed by atoms with van der Waals surface area (Å²) in [5.41, 5.74) is 0.227. The van der Waals surface area contributed by atoms with Crippen molar-refractivity contribution in [3.05, 3.63) is 46.5 Å². The number of anilines is 2. The third kappa shape index (κ3) is 5.59. The average molecular weight is 403 g/mol. The molecule has 3 rings (SSSR count). The first kappa shape index (κ1) is 20.4. The molecule has 0 radical (unpaired) electrons. The van der Waals surface area contributed by atoms with E-state index in [4.69, 9.17) is 0 Å². The molecule has 2 N–H and O–H groups in total. The van der Waals surface area contributed by atoms with Gasteiger partial charge >= 0.3 is 5.69 Å². The number of aromatic nitrogens is 2. The predicted octanol–water partition coefficient (Wildman–Crippen LogP) is 3.48. The first-order chi connectivity index (χ1) is 13.9. The van der Waals surface area contributed by atoms with E-state index >= 15 is 0 Å². The second-order valence-corrected chi connectivity index (χ2v) is 7.04. The molecule has 2 aromatic rings. The normalized spacial score (nSPS) is 14.4. The van der Waals surface area contributed by atoms with Gasteiger partial charge in [-0.15, -0.1) is 0 Å². The molecule has 0 atom stereocenters. The van der Waals surface area contributed by atoms with E-state index in [1.165, 1.54) is 29.1 Å². The highest BCUT2D eigenvalue weighted by Gasteiger charge is 2.22. The highest BCUT2D eigenvalue weighted by molar-refractivity contribution is 5.95. The number of hydrogen-bond acceptors (Lipinski definition) is 5. The number of nitro groups is 1. The molecule has 1 aromatic heterocycles. The number of nitrogens with one attached hydrogen (secondary N) is 2. The summed E-state index contributed by atoms with van der Waals surface area (Å²) in [4.78, 5) is 34.5. The fourth-order valence-electron chi connectivity index (χ4n) is 3.31. The third-order valence-electron chi connectivity index (χ3n) is 4.88. The predicted molar refractivity (Wildman–Crippen MR) is 104 cm³/mol. The Morgan fingerprint density at radius 1 is 1.24 bits per heavy atom. The van der Waals surface area contributed by atoms with Gasteiger partial charge in [0.15, 0.2) is 0 Å². The molecule has 0 aliphatic heterocycles. The van der Waals surface area contributed by atoms with Crippen LogP contribution in [-0.2, 0) is 16.1 Å². The summed E-state index contributed by atoms with van der Waals surface area (Å²) in [6.07, 6.45) is 7.09. The topological polar surface area (TPSA) is 119 Å². The zero-order chi connectivity index (χ0) is 20.8. The lowest BCUT2D eigenvalue weighted by molar-refractivity contribution is -0.385. The number of aryl methyl sites for hydroxylation is 1. The first-order valence-corrected chi connectivity index (χ1v) is 9.49. The van der Waals surface area contributed by atoms with Gasteiger partial charge in [-0.3, -0.25) is 24.4 Å². The minimum atomic E-state index is -0.573. The molecule has 154 valence electrons. The van der Waals surface area contributed by atoms with Crippen LogP contribution in [0.2, 0.25) is 0 Å². The van der Waals surface area contributed by atoms with Crippen molar-refractivity contribution < 1.29 is 18.9 Å². The molecule has 29 heavy (non-hydrogen) atoms. The number of hydrogen-bond donors (Lipinski definition) is 2. The highest BCUT2D eigenvalue weighted by atomic mass is 19.1. The zero-order valence-electron chi connectivity index (χ0n) is 15.8. The number of rotatable bonds is 7. The molecular formula is C19H22FN5O4. The third-order valence-corrected chi connectivity index (χ3v) is 4.88. The summed E-state index contributed by atoms with van der Waals surface area (Å²) in [5, 5.41) is 19.7. The summed E-state index contributed by atoms with van der Waals surface area (Å²) in [6, 6.07) is 3.97. The summed E-state index contributed by atoms with van der Waals surface area (Å²) < 4.78 is 15.4. The van der Waals surface area contributed by atoms with Gasteiger partial charge in [-0.1, -0.05) is 19.3 Å². The van der Waals surface area contributed by atoms with Crippen LogP contribution >= 0.6 is 0 Å². The Kier molecular flexibility index (Phi) is 6.53. The van der Waals surface area contributed by atoms with E-state index in [9.17, 15) is 24.1 Å². The molecule has 2 amide bonds. The largest absolute Gasteiger partial charge is 0.326 e. The smallest absolute Gasteiger partial charge is 0.306 e. The van der Waals surface area contributed by atoms with E-state index in [0.29, 0.717) is 5.69 Å². The lowest BCUT2D eigenvalue weighted by Gasteiger charge is -2.21. The number of benzene rings is 1. The molecule has 1 heterocycles. The van der Waals surface area contributed by atoms with Gasteiger partial charge in [-0.05, 0) is 31.0 Å². The van der Waals surface area contributed by atoms with Crippen LogP contribution in [0.1, 0.15) is 38.5 Å². The zero-order valence-corrected chi connectivity index (χ0v) is 15.8. The van der Waals surface area contributed by atoms with E-state index in [1.54, 1.807) is 0 Å². The Hall–Kier alpha value is -3.30. The Morgan fingerprint density at radius 2 is 2.00 bits per heavy atom. The minimum Gasteiger partial charge on any atom is -0.326 e. The number of carbonyl (C=O) groups excluding carboxylic acids is 2. The molecule has 9 nitrogen and oxygen atoms in total. The molecule has 1 aliphatic carbocycles. The fraction of sp³-hybridized carbons (Fsp3) is 0.421. The summed E-state index contributed by atoms with van der Waals surface area (Å²) in [7, 11) is 0. The van der Waals surface area contributed by atoms with Crippen LogP contribution in [0.3, 0.4) is 0 Å². The monoisotopic (exact) mass is 403 g/mol. The average Bonchev–Trinajstić information content (AvgIpc) is 3.19. The summed E-state index contributed by atoms with van der Waals surface area (Å²) in [6.45, 7) is 0.159. The Balaban J connectivity index is 1.56. The fourth-order valence-corrected chi connectivity index (χ4v) is 3.31. The van der Waals surface area contributed by atoms with Crippen molar-refractivity contribution in [2.75, 3.05) is 10.6 Å². The van der Waals surface area contributed by atoms with E-state index in [1.807, 2.05) is 0 Å². The quantitative estimate of drug-likeness (QED) is 0.542. The van der Waals surface area contributed by atoms with E-state index in [0.717, 1.165) is 38.3 Å². The van der Waals surface area contributed by atoms with Crippen molar-refractivity contribution in [1.29, 1.82) is 0 Å². The van der Waals surface area contributed by atoms with Gasteiger partial charge < -0.3 is 10.6 Å². The van der Waals surface area contributed by atoms with Crippen molar-refractivity contribution in [2.45, 2.75) is 45.1 Å². The van der Waals surface area contributed by atoms with E-state index in [2.05, 4.69) is 15.7 Å². The highest BCUT2D eigenvalue weighted by Crippen LogP contribution is 2.26. The maximum atomic E-state index is 14.1. The Bertz CT molecular complexity index is 908. The van der Waals surface area contributed by atoms with Crippen LogP contribution in [0.4, 0.5) is 21.5 Å². The van der Waals surface area contributed by atoms with Crippen molar-refractivity contribution in [3.63, 3.8) is 0 Å². The van der Waals surface area contributed by atoms with Gasteiger partial charge in [0, 0.05) is 24.6 Å². The van der Waals surface area contributed by atoms with Gasteiger partial charge in [0.1, 0.15) is 18.2 Å². The standard InChI is InChI=1S/C19H22FN5O4/c20-16-7-6-14(10-17(16)23-19(27)13-4-2-1-3-5-13)22-18(26)8-9-24-12-15(11-21-24)25(28)29/h6-7,10-13H,1-5,8-9H2,(H,22,26)(H,23,27). The minimum absolute atomic E-state index is 0.0278. The number of carbonyl (C=O) groups is 2. The van der Waals surface area contributed by atoms with Crippen molar-refractivity contribution in [3.8, 4) is 0 Å². The summed E-state index contributed by atoms with van der Waals surface area (Å²) in [5.74, 6) is -1.25. The van der Waals surface area contributed by atoms with Gasteiger partial charge in [0.05, 0.1) is 10.6 Å². The van der Waals surface area contributed by atoms with Crippen LogP contribution < -0.4 is 10.6 Å². The first-order valence-electron chi connectivity index (χ1n) is 9.49. The second kappa shape index (κ2) is 9.26. The molecule has 1 fully saturated rings. The van der Waals surface area contributed by atoms with Crippen molar-refractivity contribution in [1.82, 2.24) is 9.78 Å². The van der Waals surface area contributed by atoms with Gasteiger partial charge in [-0.2, -0.15) is 5.10 Å². The van der Waals surface area contributed by atoms with Crippen LogP contribution in [0.25, 0.3) is 0 Å².